The van der Waals surface area contributed by atoms with Gasteiger partial charge < -0.3 is 0 Å². The molecule has 0 fully saturated rings. The van der Waals surface area contributed by atoms with Gasteiger partial charge in [-0.1, -0.05) is 280 Å². The van der Waals surface area contributed by atoms with Crippen LogP contribution in [-0.2, 0) is 0 Å². The van der Waals surface area contributed by atoms with E-state index in [1.54, 1.807) is 12.4 Å². The maximum Gasteiger partial charge on any atom is 0.160 e. The van der Waals surface area contributed by atoms with Gasteiger partial charge in [0.1, 0.15) is 0 Å². The van der Waals surface area contributed by atoms with Crippen molar-refractivity contribution in [3.8, 4) is 67.8 Å². The van der Waals surface area contributed by atoms with Crippen molar-refractivity contribution in [3.05, 3.63) is 261 Å². The van der Waals surface area contributed by atoms with Crippen LogP contribution in [0.5, 0.6) is 0 Å². The Balaban J connectivity index is 0.000000259. The molecule has 0 amide bonds. The van der Waals surface area contributed by atoms with Gasteiger partial charge in [0, 0.05) is 45.8 Å². The smallest absolute Gasteiger partial charge is 0.160 e. The zero-order valence-corrected chi connectivity index (χ0v) is 41.1. The number of rotatable bonds is 6. The normalized spacial score (nSPS) is 9.18. The van der Waals surface area contributed by atoms with Crippen molar-refractivity contribution in [1.29, 1.82) is 0 Å². The summed E-state index contributed by atoms with van der Waals surface area (Å²) in [4.78, 5) is 22.9. The summed E-state index contributed by atoms with van der Waals surface area (Å²) in [5.41, 5.74) is 10.1. The molecular weight excluding hydrogens is 827 g/mol. The lowest BCUT2D eigenvalue weighted by molar-refractivity contribution is 1.18. The molecule has 0 saturated heterocycles. The van der Waals surface area contributed by atoms with Gasteiger partial charge in [0.05, 0.1) is 22.8 Å². The van der Waals surface area contributed by atoms with Crippen molar-refractivity contribution >= 4 is 0 Å². The molecule has 10 rings (SSSR count). The molecule has 3 aromatic heterocycles. The molecule has 3 heterocycles. The van der Waals surface area contributed by atoms with E-state index in [1.165, 1.54) is 0 Å². The van der Waals surface area contributed by atoms with Crippen LogP contribution in [0.1, 0.15) is 55.4 Å². The maximum absolute atomic E-state index is 4.79. The van der Waals surface area contributed by atoms with Crippen molar-refractivity contribution in [2.45, 2.75) is 55.4 Å². The molecule has 0 aliphatic heterocycles. The fraction of sp³-hybridized carbons (Fsp3) is 0.127. The first-order valence-corrected chi connectivity index (χ1v) is 23.8. The van der Waals surface area contributed by atoms with Gasteiger partial charge in [-0.2, -0.15) is 0 Å². The average molecular weight is 894 g/mol. The first-order valence-electron chi connectivity index (χ1n) is 23.8. The molecule has 0 aliphatic carbocycles. The molecule has 0 unspecified atom stereocenters. The van der Waals surface area contributed by atoms with Crippen molar-refractivity contribution in [1.82, 2.24) is 24.9 Å². The topological polar surface area (TPSA) is 64.5 Å². The van der Waals surface area contributed by atoms with Crippen LogP contribution < -0.4 is 0 Å². The summed E-state index contributed by atoms with van der Waals surface area (Å²) in [7, 11) is 0. The Kier molecular flexibility index (Phi) is 27.3. The minimum atomic E-state index is 0.746. The first kappa shape index (κ1) is 54.2. The predicted octanol–water partition coefficient (Wildman–Crippen LogP) is 17.8. The molecule has 5 heteroatoms. The lowest BCUT2D eigenvalue weighted by Gasteiger charge is -2.09. The fourth-order valence-electron chi connectivity index (χ4n) is 6.05. The third kappa shape index (κ3) is 18.8. The van der Waals surface area contributed by atoms with E-state index < -0.39 is 0 Å². The van der Waals surface area contributed by atoms with Crippen LogP contribution in [0.3, 0.4) is 0 Å². The Bertz CT molecular complexity index is 2180. The highest BCUT2D eigenvalue weighted by Crippen LogP contribution is 2.28. The molecule has 7 aromatic carbocycles. The molecule has 5 nitrogen and oxygen atoms in total. The van der Waals surface area contributed by atoms with Crippen LogP contribution in [0.15, 0.2) is 261 Å². The van der Waals surface area contributed by atoms with E-state index >= 15 is 0 Å². The van der Waals surface area contributed by atoms with Gasteiger partial charge >= 0.3 is 0 Å². The summed E-state index contributed by atoms with van der Waals surface area (Å²) >= 11 is 0. The van der Waals surface area contributed by atoms with Gasteiger partial charge in [0.2, 0.25) is 0 Å². The predicted molar refractivity (Wildman–Crippen MR) is 293 cm³/mol. The van der Waals surface area contributed by atoms with E-state index in [2.05, 4.69) is 65.6 Å². The van der Waals surface area contributed by atoms with Crippen LogP contribution in [0.4, 0.5) is 0 Å². The zero-order chi connectivity index (χ0) is 48.9. The van der Waals surface area contributed by atoms with E-state index in [1.807, 2.05) is 243 Å². The van der Waals surface area contributed by atoms with Gasteiger partial charge in [-0.3, -0.25) is 4.98 Å². The van der Waals surface area contributed by atoms with Gasteiger partial charge in [-0.15, -0.1) is 0 Å². The molecule has 0 spiro atoms. The highest BCUT2D eigenvalue weighted by atomic mass is 14.9. The van der Waals surface area contributed by atoms with E-state index in [0.29, 0.717) is 0 Å². The number of hydrogen-bond acceptors (Lipinski definition) is 5. The second-order valence-electron chi connectivity index (χ2n) is 13.3. The summed E-state index contributed by atoms with van der Waals surface area (Å²) < 4.78 is 0. The first-order chi connectivity index (χ1) is 33.8. The average Bonchev–Trinajstić information content (AvgIpc) is 3.48. The van der Waals surface area contributed by atoms with Gasteiger partial charge in [-0.25, -0.2) is 19.9 Å². The summed E-state index contributed by atoms with van der Waals surface area (Å²) in [6.45, 7) is 16.0. The van der Waals surface area contributed by atoms with Crippen molar-refractivity contribution in [3.63, 3.8) is 0 Å². The Morgan fingerprint density at radius 2 is 0.382 bits per heavy atom. The van der Waals surface area contributed by atoms with Crippen LogP contribution in [0.2, 0.25) is 0 Å². The molecule has 0 aliphatic rings. The van der Waals surface area contributed by atoms with Gasteiger partial charge in [0.15, 0.2) is 11.6 Å². The number of hydrogen-bond donors (Lipinski definition) is 0. The molecule has 10 aromatic rings. The molecule has 0 atom stereocenters. The summed E-state index contributed by atoms with van der Waals surface area (Å²) in [6.07, 6.45) is 3.50. The number of pyridine rings is 1. The standard InChI is InChI=1S/2C22H16N2.C6H6.C5H5N.4C2H6/c2*1-4-10-17(11-5-1)20-16-21(18-12-6-2-7-13-18)24-22(23-20)19-14-8-3-9-15-19;2*1-2-4-6-5-3-1;4*1-2/h2*1-16H;1-6H;1-5H;4*1-2H3. The van der Waals surface area contributed by atoms with Crippen LogP contribution in [0.25, 0.3) is 67.8 Å². The molecule has 0 bridgehead atoms. The molecule has 0 radical (unpaired) electrons. The second kappa shape index (κ2) is 34.2. The molecule has 344 valence electrons. The number of benzene rings is 7. The highest BCUT2D eigenvalue weighted by Gasteiger charge is 2.11. The van der Waals surface area contributed by atoms with Gasteiger partial charge in [-0.05, 0) is 24.3 Å². The van der Waals surface area contributed by atoms with Crippen molar-refractivity contribution < 1.29 is 0 Å². The van der Waals surface area contributed by atoms with Crippen LogP contribution in [-0.4, -0.2) is 24.9 Å². The zero-order valence-electron chi connectivity index (χ0n) is 41.1. The number of aromatic nitrogens is 5. The second-order valence-corrected chi connectivity index (χ2v) is 13.3. The molecule has 0 saturated carbocycles. The van der Waals surface area contributed by atoms with E-state index in [9.17, 15) is 0 Å². The molecule has 68 heavy (non-hydrogen) atoms. The van der Waals surface area contributed by atoms with E-state index in [4.69, 9.17) is 19.9 Å². The quantitative estimate of drug-likeness (QED) is 0.166. The Labute approximate surface area is 407 Å². The van der Waals surface area contributed by atoms with Crippen molar-refractivity contribution in [2.24, 2.45) is 0 Å². The summed E-state index contributed by atoms with van der Waals surface area (Å²) in [5.74, 6) is 1.49. The largest absolute Gasteiger partial charge is 0.265 e. The summed E-state index contributed by atoms with van der Waals surface area (Å²) in [6, 6.07) is 82.9. The van der Waals surface area contributed by atoms with E-state index in [0.717, 1.165) is 67.8 Å². The third-order valence-corrected chi connectivity index (χ3v) is 9.03. The van der Waals surface area contributed by atoms with Gasteiger partial charge in [0.25, 0.3) is 0 Å². The van der Waals surface area contributed by atoms with Crippen LogP contribution in [0, 0.1) is 0 Å². The fourth-order valence-corrected chi connectivity index (χ4v) is 6.05. The minimum absolute atomic E-state index is 0.746. The van der Waals surface area contributed by atoms with Crippen molar-refractivity contribution in [2.75, 3.05) is 0 Å². The Morgan fingerprint density at radius 1 is 0.206 bits per heavy atom. The lowest BCUT2D eigenvalue weighted by Crippen LogP contribution is -1.95. The molecule has 0 N–H and O–H groups in total. The SMILES string of the molecule is CC.CC.CC.CC.c1ccc(-c2cc(-c3ccccc3)nc(-c3ccccc3)n2)cc1.c1ccc(-c2cc(-c3ccccc3)nc(-c3ccccc3)n2)cc1.c1ccccc1.c1ccncc1. The Hall–Kier alpha value is -8.15. The lowest BCUT2D eigenvalue weighted by atomic mass is 10.1. The highest BCUT2D eigenvalue weighted by molar-refractivity contribution is 5.73. The minimum Gasteiger partial charge on any atom is -0.265 e. The maximum atomic E-state index is 4.79. The van der Waals surface area contributed by atoms with E-state index in [-0.39, 0.29) is 0 Å². The monoisotopic (exact) mass is 894 g/mol. The van der Waals surface area contributed by atoms with Crippen LogP contribution >= 0.6 is 0 Å². The summed E-state index contributed by atoms with van der Waals surface area (Å²) in [5, 5.41) is 0. The third-order valence-electron chi connectivity index (χ3n) is 9.03. The molecular formula is C63H67N5. The Morgan fingerprint density at radius 3 is 0.559 bits per heavy atom. The number of nitrogens with zero attached hydrogens (tertiary/aromatic N) is 5.